The summed E-state index contributed by atoms with van der Waals surface area (Å²) in [6, 6.07) is 0. The summed E-state index contributed by atoms with van der Waals surface area (Å²) >= 11 is 0. The van der Waals surface area contributed by atoms with Crippen LogP contribution in [0, 0.1) is 11.8 Å². The first-order valence-corrected chi connectivity index (χ1v) is 6.29. The van der Waals surface area contributed by atoms with Gasteiger partial charge in [-0.15, -0.1) is 0 Å². The van der Waals surface area contributed by atoms with Crippen LogP contribution in [0.4, 0.5) is 0 Å². The largest absolute Gasteiger partial charge is 0.387 e. The average Bonchev–Trinajstić information content (AvgIpc) is 3.01. The molecule has 1 aliphatic carbocycles. The zero-order chi connectivity index (χ0) is 10.9. The lowest BCUT2D eigenvalue weighted by Gasteiger charge is -2.37. The summed E-state index contributed by atoms with van der Waals surface area (Å²) in [7, 11) is 0. The lowest BCUT2D eigenvalue weighted by atomic mass is 9.94. The minimum atomic E-state index is -0.600. The highest BCUT2D eigenvalue weighted by Crippen LogP contribution is 2.40. The molecule has 3 N–H and O–H groups in total. The molecule has 2 unspecified atom stereocenters. The molecule has 3 nitrogen and oxygen atoms in total. The molecule has 0 bridgehead atoms. The van der Waals surface area contributed by atoms with E-state index in [2.05, 4.69) is 11.8 Å². The van der Waals surface area contributed by atoms with E-state index in [1.54, 1.807) is 0 Å². The quantitative estimate of drug-likeness (QED) is 0.725. The van der Waals surface area contributed by atoms with Crippen LogP contribution in [0.3, 0.4) is 0 Å². The number of aliphatic hydroxyl groups is 1. The zero-order valence-electron chi connectivity index (χ0n) is 9.78. The molecule has 2 rings (SSSR count). The van der Waals surface area contributed by atoms with Crippen molar-refractivity contribution in [2.45, 2.75) is 38.2 Å². The number of nitrogens with two attached hydrogens (primary N) is 1. The molecule has 3 heteroatoms. The Kier molecular flexibility index (Phi) is 3.33. The smallest absolute Gasteiger partial charge is 0.0923 e. The molecule has 0 aromatic heterocycles. The van der Waals surface area contributed by atoms with Crippen LogP contribution in [-0.4, -0.2) is 41.8 Å². The van der Waals surface area contributed by atoms with Crippen molar-refractivity contribution in [1.82, 2.24) is 4.90 Å². The Morgan fingerprint density at radius 1 is 1.40 bits per heavy atom. The topological polar surface area (TPSA) is 49.5 Å². The maximum atomic E-state index is 10.4. The van der Waals surface area contributed by atoms with E-state index >= 15 is 0 Å². The molecule has 0 spiro atoms. The van der Waals surface area contributed by atoms with Crippen molar-refractivity contribution in [3.05, 3.63) is 0 Å². The number of β-amino-alcohol motifs (C(OH)–C–C–N with tert-alkyl or cyclic N) is 1. The Morgan fingerprint density at radius 3 is 2.67 bits per heavy atom. The predicted molar refractivity (Wildman–Crippen MR) is 61.6 cm³/mol. The van der Waals surface area contributed by atoms with Crippen LogP contribution >= 0.6 is 0 Å². The van der Waals surface area contributed by atoms with Gasteiger partial charge in [-0.3, -0.25) is 0 Å². The first kappa shape index (κ1) is 11.4. The fraction of sp³-hybridized carbons (Fsp3) is 1.00. The second-order valence-electron chi connectivity index (χ2n) is 5.56. The first-order chi connectivity index (χ1) is 7.14. The Labute approximate surface area is 92.6 Å². The molecule has 2 atom stereocenters. The molecule has 2 fully saturated rings. The monoisotopic (exact) mass is 212 g/mol. The van der Waals surface area contributed by atoms with Gasteiger partial charge >= 0.3 is 0 Å². The van der Waals surface area contributed by atoms with E-state index in [-0.39, 0.29) is 0 Å². The Morgan fingerprint density at radius 2 is 2.13 bits per heavy atom. The Bertz CT molecular complexity index is 218. The number of piperidine rings is 1. The zero-order valence-corrected chi connectivity index (χ0v) is 9.78. The van der Waals surface area contributed by atoms with Gasteiger partial charge in [-0.2, -0.15) is 0 Å². The summed E-state index contributed by atoms with van der Waals surface area (Å²) in [5, 5.41) is 10.4. The summed E-state index contributed by atoms with van der Waals surface area (Å²) in [4.78, 5) is 2.40. The van der Waals surface area contributed by atoms with Gasteiger partial charge in [0, 0.05) is 19.6 Å². The molecule has 0 aromatic carbocycles. The van der Waals surface area contributed by atoms with E-state index in [9.17, 15) is 5.11 Å². The molecule has 0 aromatic rings. The van der Waals surface area contributed by atoms with E-state index in [1.165, 1.54) is 12.8 Å². The van der Waals surface area contributed by atoms with Crippen molar-refractivity contribution < 1.29 is 5.11 Å². The van der Waals surface area contributed by atoms with Gasteiger partial charge in [-0.1, -0.05) is 6.92 Å². The molecule has 0 radical (unpaired) electrons. The number of hydrogen-bond donors (Lipinski definition) is 2. The maximum absolute atomic E-state index is 10.4. The van der Waals surface area contributed by atoms with Gasteiger partial charge in [0.15, 0.2) is 0 Å². The molecule has 0 amide bonds. The van der Waals surface area contributed by atoms with E-state index in [0.717, 1.165) is 38.4 Å². The van der Waals surface area contributed by atoms with Gasteiger partial charge < -0.3 is 15.7 Å². The van der Waals surface area contributed by atoms with Gasteiger partial charge in [-0.25, -0.2) is 0 Å². The minimum absolute atomic E-state index is 0.419. The lowest BCUT2D eigenvalue weighted by molar-refractivity contribution is -0.0171. The summed E-state index contributed by atoms with van der Waals surface area (Å²) in [5.41, 5.74) is 5.12. The minimum Gasteiger partial charge on any atom is -0.387 e. The highest BCUT2D eigenvalue weighted by atomic mass is 16.3. The van der Waals surface area contributed by atoms with Crippen LogP contribution in [-0.2, 0) is 0 Å². The van der Waals surface area contributed by atoms with Gasteiger partial charge in [-0.05, 0) is 44.1 Å². The van der Waals surface area contributed by atoms with E-state index in [4.69, 9.17) is 5.73 Å². The number of nitrogens with zero attached hydrogens (tertiary/aromatic N) is 1. The fourth-order valence-corrected chi connectivity index (χ4v) is 2.80. The third kappa shape index (κ3) is 2.71. The first-order valence-electron chi connectivity index (χ1n) is 6.29. The van der Waals surface area contributed by atoms with Gasteiger partial charge in [0.25, 0.3) is 0 Å². The molecule has 15 heavy (non-hydrogen) atoms. The normalized spacial score (nSPS) is 32.6. The molecule has 1 heterocycles. The Balaban J connectivity index is 1.88. The second kappa shape index (κ2) is 4.40. The molecule has 2 aliphatic rings. The lowest BCUT2D eigenvalue weighted by Crippen LogP contribution is -2.52. The second-order valence-corrected chi connectivity index (χ2v) is 5.56. The standard InChI is InChI=1S/C12H24N2O/c1-10-3-2-6-14(7-10)9-12(15,8-13)11-4-5-11/h10-11,15H,2-9,13H2,1H3. The fourth-order valence-electron chi connectivity index (χ4n) is 2.80. The van der Waals surface area contributed by atoms with Crippen LogP contribution in [0.25, 0.3) is 0 Å². The third-order valence-corrected chi connectivity index (χ3v) is 3.93. The molecular weight excluding hydrogens is 188 g/mol. The van der Waals surface area contributed by atoms with Crippen LogP contribution in [0.5, 0.6) is 0 Å². The number of rotatable bonds is 4. The van der Waals surface area contributed by atoms with Crippen molar-refractivity contribution >= 4 is 0 Å². The SMILES string of the molecule is CC1CCCN(CC(O)(CN)C2CC2)C1. The van der Waals surface area contributed by atoms with Gasteiger partial charge in [0.05, 0.1) is 5.60 Å². The molecular formula is C12H24N2O. The summed E-state index contributed by atoms with van der Waals surface area (Å²) in [5.74, 6) is 1.25. The van der Waals surface area contributed by atoms with E-state index in [1.807, 2.05) is 0 Å². The Hall–Kier alpha value is -0.120. The van der Waals surface area contributed by atoms with Crippen LogP contribution < -0.4 is 5.73 Å². The molecule has 88 valence electrons. The van der Waals surface area contributed by atoms with Gasteiger partial charge in [0.1, 0.15) is 0 Å². The molecule has 1 saturated heterocycles. The van der Waals surface area contributed by atoms with Crippen LogP contribution in [0.2, 0.25) is 0 Å². The van der Waals surface area contributed by atoms with E-state index in [0.29, 0.717) is 12.5 Å². The van der Waals surface area contributed by atoms with Crippen molar-refractivity contribution in [1.29, 1.82) is 0 Å². The van der Waals surface area contributed by atoms with Crippen molar-refractivity contribution in [3.63, 3.8) is 0 Å². The van der Waals surface area contributed by atoms with Crippen molar-refractivity contribution in [2.75, 3.05) is 26.2 Å². The average molecular weight is 212 g/mol. The summed E-state index contributed by atoms with van der Waals surface area (Å²) in [6.07, 6.45) is 4.93. The maximum Gasteiger partial charge on any atom is 0.0923 e. The van der Waals surface area contributed by atoms with Crippen LogP contribution in [0.1, 0.15) is 32.6 Å². The molecule has 1 aliphatic heterocycles. The number of hydrogen-bond acceptors (Lipinski definition) is 3. The van der Waals surface area contributed by atoms with E-state index < -0.39 is 5.60 Å². The number of likely N-dealkylation sites (tertiary alicyclic amines) is 1. The van der Waals surface area contributed by atoms with Crippen molar-refractivity contribution in [2.24, 2.45) is 17.6 Å². The molecule has 1 saturated carbocycles. The summed E-state index contributed by atoms with van der Waals surface area (Å²) < 4.78 is 0. The highest BCUT2D eigenvalue weighted by molar-refractivity contribution is 4.97. The predicted octanol–water partition coefficient (Wildman–Crippen LogP) is 0.818. The van der Waals surface area contributed by atoms with Crippen LogP contribution in [0.15, 0.2) is 0 Å². The highest BCUT2D eigenvalue weighted by Gasteiger charge is 2.43. The third-order valence-electron chi connectivity index (χ3n) is 3.93. The van der Waals surface area contributed by atoms with Crippen molar-refractivity contribution in [3.8, 4) is 0 Å². The summed E-state index contributed by atoms with van der Waals surface area (Å²) in [6.45, 7) is 5.78. The van der Waals surface area contributed by atoms with Gasteiger partial charge in [0.2, 0.25) is 0 Å².